The molecule has 25 heavy (non-hydrogen) atoms. The predicted molar refractivity (Wildman–Crippen MR) is 88.6 cm³/mol. The van der Waals surface area contributed by atoms with Crippen LogP contribution in [0.5, 0.6) is 0 Å². The number of aromatic nitrogens is 3. The zero-order valence-electron chi connectivity index (χ0n) is 13.8. The van der Waals surface area contributed by atoms with Crippen LogP contribution in [-0.2, 0) is 16.1 Å². The number of morpholine rings is 1. The summed E-state index contributed by atoms with van der Waals surface area (Å²) in [6, 6.07) is 5.64. The number of nitrogens with zero attached hydrogens (tertiary/aromatic N) is 4. The highest BCUT2D eigenvalue weighted by molar-refractivity contribution is 5.94. The largest absolute Gasteiger partial charge is 0.372 e. The van der Waals surface area contributed by atoms with Crippen LogP contribution in [0.15, 0.2) is 43.0 Å². The van der Waals surface area contributed by atoms with Crippen molar-refractivity contribution in [3.05, 3.63) is 54.1 Å². The molecule has 0 radical (unpaired) electrons. The molecule has 2 aromatic heterocycles. The molecule has 2 aliphatic rings. The summed E-state index contributed by atoms with van der Waals surface area (Å²) in [7, 11) is 0. The summed E-state index contributed by atoms with van der Waals surface area (Å²) in [5.41, 5.74) is 1.60. The van der Waals surface area contributed by atoms with Gasteiger partial charge in [0.25, 0.3) is 5.91 Å². The molecule has 1 aliphatic heterocycles. The monoisotopic (exact) mass is 340 g/mol. The first-order valence-corrected chi connectivity index (χ1v) is 8.53. The summed E-state index contributed by atoms with van der Waals surface area (Å²) in [5.74, 6) is -0.0129. The van der Waals surface area contributed by atoms with E-state index in [-0.39, 0.29) is 24.2 Å². The highest BCUT2D eigenvalue weighted by Crippen LogP contribution is 2.33. The van der Waals surface area contributed by atoms with E-state index >= 15 is 0 Å². The molecule has 130 valence electrons. The second kappa shape index (κ2) is 7.25. The lowest BCUT2D eigenvalue weighted by molar-refractivity contribution is -0.108. The van der Waals surface area contributed by atoms with E-state index in [1.54, 1.807) is 24.7 Å². The summed E-state index contributed by atoms with van der Waals surface area (Å²) >= 11 is 0. The molecule has 0 spiro atoms. The van der Waals surface area contributed by atoms with Gasteiger partial charge in [-0.05, 0) is 30.5 Å². The lowest BCUT2D eigenvalue weighted by Crippen LogP contribution is -2.53. The smallest absolute Gasteiger partial charge is 0.255 e. The van der Waals surface area contributed by atoms with Crippen molar-refractivity contribution in [2.24, 2.45) is 0 Å². The maximum Gasteiger partial charge on any atom is 0.255 e. The molecule has 1 aliphatic carbocycles. The molecule has 1 amide bonds. The summed E-state index contributed by atoms with van der Waals surface area (Å²) < 4.78 is 12.0. The summed E-state index contributed by atoms with van der Waals surface area (Å²) in [5, 5.41) is 7.54. The van der Waals surface area contributed by atoms with Gasteiger partial charge in [0.1, 0.15) is 6.10 Å². The topological polar surface area (TPSA) is 77.4 Å². The maximum absolute atomic E-state index is 12.8. The Balaban J connectivity index is 1.42. The van der Waals surface area contributed by atoms with Gasteiger partial charge in [-0.15, -0.1) is 0 Å². The van der Waals surface area contributed by atoms with Gasteiger partial charge in [0.15, 0.2) is 0 Å². The van der Waals surface area contributed by atoms with Crippen LogP contribution in [0.2, 0.25) is 0 Å². The Bertz CT molecular complexity index is 713. The first-order chi connectivity index (χ1) is 12.3. The van der Waals surface area contributed by atoms with Gasteiger partial charge in [-0.25, -0.2) is 0 Å². The van der Waals surface area contributed by atoms with E-state index in [9.17, 15) is 4.79 Å². The van der Waals surface area contributed by atoms with Crippen LogP contribution in [0.4, 0.5) is 0 Å². The predicted octanol–water partition coefficient (Wildman–Crippen LogP) is 1.46. The van der Waals surface area contributed by atoms with Crippen molar-refractivity contribution in [2.75, 3.05) is 13.2 Å². The fourth-order valence-electron chi connectivity index (χ4n) is 3.62. The van der Waals surface area contributed by atoms with Gasteiger partial charge in [0.05, 0.1) is 43.3 Å². The van der Waals surface area contributed by atoms with Crippen LogP contribution in [0, 0.1) is 0 Å². The van der Waals surface area contributed by atoms with Gasteiger partial charge in [-0.3, -0.25) is 9.78 Å². The summed E-state index contributed by atoms with van der Waals surface area (Å²) in [4.78, 5) is 18.8. The molecule has 1 saturated carbocycles. The van der Waals surface area contributed by atoms with Crippen LogP contribution in [-0.4, -0.2) is 57.4 Å². The molecule has 2 fully saturated rings. The number of ether oxygens (including phenoxy) is 2. The molecule has 4 rings (SSSR count). The minimum atomic E-state index is -0.0795. The van der Waals surface area contributed by atoms with Crippen molar-refractivity contribution in [3.8, 4) is 0 Å². The van der Waals surface area contributed by atoms with E-state index in [0.717, 1.165) is 18.4 Å². The fourth-order valence-corrected chi connectivity index (χ4v) is 3.62. The third-order valence-corrected chi connectivity index (χ3v) is 4.81. The first kappa shape index (κ1) is 16.1. The van der Waals surface area contributed by atoms with Gasteiger partial charge in [0, 0.05) is 18.9 Å². The zero-order chi connectivity index (χ0) is 17.1. The minimum absolute atomic E-state index is 0.00336. The second-order valence-electron chi connectivity index (χ2n) is 6.32. The Morgan fingerprint density at radius 1 is 1.24 bits per heavy atom. The number of hydrogen-bond acceptors (Lipinski definition) is 6. The quantitative estimate of drug-likeness (QED) is 0.839. The number of rotatable bonds is 4. The number of carbonyl (C=O) groups excluding carboxylic acids is 1. The second-order valence-corrected chi connectivity index (χ2v) is 6.32. The Labute approximate surface area is 146 Å². The first-order valence-electron chi connectivity index (χ1n) is 8.53. The van der Waals surface area contributed by atoms with Crippen LogP contribution >= 0.6 is 0 Å². The van der Waals surface area contributed by atoms with Crippen molar-refractivity contribution < 1.29 is 14.3 Å². The van der Waals surface area contributed by atoms with Crippen molar-refractivity contribution in [3.63, 3.8) is 0 Å². The number of hydrogen-bond donors (Lipinski definition) is 0. The molecule has 2 aromatic rings. The maximum atomic E-state index is 12.8. The van der Waals surface area contributed by atoms with E-state index in [4.69, 9.17) is 9.47 Å². The van der Waals surface area contributed by atoms with Crippen molar-refractivity contribution in [1.29, 1.82) is 0 Å². The number of amides is 1. The third-order valence-electron chi connectivity index (χ3n) is 4.81. The van der Waals surface area contributed by atoms with Gasteiger partial charge >= 0.3 is 0 Å². The molecule has 0 unspecified atom stereocenters. The molecule has 0 bridgehead atoms. The molecular formula is C18H20N4O3. The van der Waals surface area contributed by atoms with Crippen molar-refractivity contribution >= 4 is 5.91 Å². The molecule has 7 nitrogen and oxygen atoms in total. The zero-order valence-corrected chi connectivity index (χ0v) is 13.8. The Kier molecular flexibility index (Phi) is 4.67. The van der Waals surface area contributed by atoms with Crippen LogP contribution < -0.4 is 0 Å². The van der Waals surface area contributed by atoms with Gasteiger partial charge in [-0.2, -0.15) is 10.2 Å². The summed E-state index contributed by atoms with van der Waals surface area (Å²) in [6.45, 7) is 1.63. The van der Waals surface area contributed by atoms with Crippen LogP contribution in [0.3, 0.4) is 0 Å². The van der Waals surface area contributed by atoms with Crippen molar-refractivity contribution in [1.82, 2.24) is 20.1 Å². The number of fused-ring (bicyclic) bond motifs is 1. The Morgan fingerprint density at radius 2 is 2.20 bits per heavy atom. The van der Waals surface area contributed by atoms with Crippen LogP contribution in [0.25, 0.3) is 0 Å². The average molecular weight is 340 g/mol. The molecular weight excluding hydrogens is 320 g/mol. The summed E-state index contributed by atoms with van der Waals surface area (Å²) in [6.07, 6.45) is 8.29. The van der Waals surface area contributed by atoms with Crippen molar-refractivity contribution in [2.45, 2.75) is 37.7 Å². The molecule has 0 aromatic carbocycles. The van der Waals surface area contributed by atoms with Gasteiger partial charge in [0.2, 0.25) is 0 Å². The van der Waals surface area contributed by atoms with E-state index in [1.165, 1.54) is 6.20 Å². The SMILES string of the molecule is O=C(c1ccnnc1)N1CCO[C@@H]2[C@@H](OCc3cccnc3)CC[C@@H]21. The molecule has 7 heteroatoms. The highest BCUT2D eigenvalue weighted by Gasteiger charge is 2.45. The molecule has 1 saturated heterocycles. The van der Waals surface area contributed by atoms with E-state index in [2.05, 4.69) is 15.2 Å². The fraction of sp³-hybridized carbons (Fsp3) is 0.444. The van der Waals surface area contributed by atoms with E-state index in [0.29, 0.717) is 25.3 Å². The molecule has 3 heterocycles. The number of carbonyl (C=O) groups is 1. The van der Waals surface area contributed by atoms with Gasteiger partial charge < -0.3 is 14.4 Å². The van der Waals surface area contributed by atoms with E-state index in [1.807, 2.05) is 17.0 Å². The lowest BCUT2D eigenvalue weighted by Gasteiger charge is -2.39. The average Bonchev–Trinajstić information content (AvgIpc) is 3.10. The number of pyridine rings is 1. The van der Waals surface area contributed by atoms with Crippen LogP contribution in [0.1, 0.15) is 28.8 Å². The lowest BCUT2D eigenvalue weighted by atomic mass is 10.1. The Hall–Kier alpha value is -2.38. The van der Waals surface area contributed by atoms with E-state index < -0.39 is 0 Å². The molecule has 0 N–H and O–H groups in total. The molecule has 3 atom stereocenters. The Morgan fingerprint density at radius 3 is 3.00 bits per heavy atom. The minimum Gasteiger partial charge on any atom is -0.372 e. The van der Waals surface area contributed by atoms with Gasteiger partial charge in [-0.1, -0.05) is 6.07 Å². The third kappa shape index (κ3) is 3.38. The highest BCUT2D eigenvalue weighted by atomic mass is 16.5. The standard InChI is InChI=1S/C18H20N4O3/c23-18(14-5-7-20-21-11-14)22-8-9-24-17-15(22)3-4-16(17)25-12-13-2-1-6-19-10-13/h1-2,5-7,10-11,15-17H,3-4,8-9,12H2/t15-,16-,17-/m0/s1. The normalized spacial score (nSPS) is 25.6.